The fourth-order valence-corrected chi connectivity index (χ4v) is 13.9. The third-order valence-corrected chi connectivity index (χ3v) is 19.8. The van der Waals surface area contributed by atoms with Gasteiger partial charge in [0.1, 0.15) is 89.5 Å². The van der Waals surface area contributed by atoms with Gasteiger partial charge in [0.05, 0.1) is 41.9 Å². The number of nitrogens with two attached hydrogens (primary N) is 2. The van der Waals surface area contributed by atoms with E-state index in [0.29, 0.717) is 0 Å². The number of aliphatic hydroxyl groups is 6. The van der Waals surface area contributed by atoms with Crippen molar-refractivity contribution in [2.45, 2.75) is 162 Å². The van der Waals surface area contributed by atoms with E-state index >= 15 is 19.2 Å². The van der Waals surface area contributed by atoms with E-state index in [-0.39, 0.29) is 41.0 Å². The zero-order valence-electron chi connectivity index (χ0n) is 60.0. The highest BCUT2D eigenvalue weighted by Crippen LogP contribution is 2.50. The fourth-order valence-electron chi connectivity index (χ4n) is 13.7. The van der Waals surface area contributed by atoms with Gasteiger partial charge in [-0.05, 0) is 128 Å². The number of carbonyl (C=O) groups excluding carboxylic acids is 7. The molecular formula is C75H81ClF3N9O24. The first-order valence-corrected chi connectivity index (χ1v) is 35.4. The quantitative estimate of drug-likeness (QED) is 0.0657. The lowest BCUT2D eigenvalue weighted by molar-refractivity contribution is -0.333. The number of carbonyl (C=O) groups is 8. The van der Waals surface area contributed by atoms with Crippen LogP contribution in [0.15, 0.2) is 103 Å². The van der Waals surface area contributed by atoms with Gasteiger partial charge in [-0.25, -0.2) is 4.79 Å². The standard InChI is InChI=1S/C75H81ClF3N9O24/c1-29(2)18-42(82-5)66(99)87-57-60(95)35-12-17-47(41(76)21-35)109-49-23-36-22-48(63(49)112-73-64(62(97)61(96)50(28-89)110-73)111-52-27-74(4,81)65(98)30(3)107-52)108-46-16-11-34(19-32(46)9-6-31-7-13-37(14-8-31)75(77,78)79)59(94)58-71(104)86-56(72(105)106)40-24-38(90)25-45(92)53(40)39-20-33(10-15-44(39)91)54(68(101)88-58)85-69(102)55(36)84-67(100)43(26-51(80)93)83-70(57)103/h6-17,19-25,29-30,42-43,50,52,54-62,64-65,73,82,89-92,94-98H,18,26-28,81H2,1-5H3,(H2,80,93)(H,83,103)(H,84,100)(H,85,102)(H,86,104)(H,87,99)(H,88,101)(H,105,106)/b9-6+/t30-,42+,43-,50+,52-,54+,55+,56-,57+,58-,59+,60+,61+,62-,64+,65+,73-,74-/m0/s1. The van der Waals surface area contributed by atoms with Crippen molar-refractivity contribution in [3.63, 3.8) is 0 Å². The lowest BCUT2D eigenvalue weighted by Crippen LogP contribution is -2.64. The number of carboxylic acid groups (broad SMARTS) is 1. The van der Waals surface area contributed by atoms with Gasteiger partial charge in [-0.3, -0.25) is 33.6 Å². The average Bonchev–Trinajstić information content (AvgIpc) is 0.761. The highest BCUT2D eigenvalue weighted by Gasteiger charge is 2.52. The minimum Gasteiger partial charge on any atom is -0.508 e. The predicted octanol–water partition coefficient (Wildman–Crippen LogP) is 2.64. The summed E-state index contributed by atoms with van der Waals surface area (Å²) >= 11 is 7.13. The second-order valence-corrected chi connectivity index (χ2v) is 28.7. The van der Waals surface area contributed by atoms with E-state index in [1.54, 1.807) is 13.8 Å². The smallest absolute Gasteiger partial charge is 0.416 e. The Morgan fingerprint density at radius 2 is 1.36 bits per heavy atom. The molecule has 21 N–H and O–H groups in total. The normalized spacial score (nSPS) is 27.9. The number of phenols is 3. The van der Waals surface area contributed by atoms with Crippen LogP contribution >= 0.6 is 11.6 Å². The van der Waals surface area contributed by atoms with Gasteiger partial charge in [0.15, 0.2) is 29.9 Å². The summed E-state index contributed by atoms with van der Waals surface area (Å²) in [6.45, 7) is 5.52. The summed E-state index contributed by atoms with van der Waals surface area (Å²) in [5.74, 6) is -16.8. The molecule has 0 saturated carbocycles. The van der Waals surface area contributed by atoms with Gasteiger partial charge < -0.3 is 128 Å². The lowest BCUT2D eigenvalue weighted by Gasteiger charge is -2.47. The maximum absolute atomic E-state index is 16.3. The Morgan fingerprint density at radius 3 is 1.98 bits per heavy atom. The van der Waals surface area contributed by atoms with E-state index in [0.717, 1.165) is 97.1 Å². The maximum Gasteiger partial charge on any atom is 0.416 e. The van der Waals surface area contributed by atoms with Crippen LogP contribution in [-0.2, 0) is 58.7 Å². The summed E-state index contributed by atoms with van der Waals surface area (Å²) in [4.78, 5) is 118. The minimum atomic E-state index is -4.80. The molecular weight excluding hydrogens is 1500 g/mol. The van der Waals surface area contributed by atoms with Gasteiger partial charge >= 0.3 is 12.1 Å². The SMILES string of the molecule is CN[C@H](CC(C)C)C(=O)N[C@H]1C(=O)N[C@@H](CC(N)=O)C(=O)N[C@H]2C(=O)N[C@H]3C(=O)N[C@H](C(=O)N[C@H](C(=O)O)c4cc(O)cc(O)c4-c4cc3ccc4O)[C@H](O)c3ccc(c(/C=C/c4ccc(C(F)(F)F)cc4)c3)Oc3cc2cc(c3O[C@@H]2O[C@H](CO)[C@@H](O)[C@H](O)[C@H]2O[C@H]2C[C@](C)(N)[C@H](O)[C@H](C)O2)Oc2ccc(cc2Cl)[C@H]1O. The van der Waals surface area contributed by atoms with Crippen molar-refractivity contribution in [3.05, 3.63) is 153 Å². The van der Waals surface area contributed by atoms with Crippen LogP contribution in [-0.4, -0.2) is 191 Å². The zero-order chi connectivity index (χ0) is 81.4. The summed E-state index contributed by atoms with van der Waals surface area (Å²) in [5.41, 5.74) is 6.47. The van der Waals surface area contributed by atoms with Gasteiger partial charge in [0.2, 0.25) is 53.4 Å². The first-order chi connectivity index (χ1) is 52.8. The molecule has 37 heteroatoms. The van der Waals surface area contributed by atoms with E-state index in [9.17, 15) is 83.4 Å². The van der Waals surface area contributed by atoms with E-state index in [1.165, 1.54) is 39.1 Å². The Balaban J connectivity index is 1.21. The van der Waals surface area contributed by atoms with Crippen molar-refractivity contribution >= 4 is 71.1 Å². The molecule has 0 aromatic heterocycles. The second-order valence-electron chi connectivity index (χ2n) is 28.3. The van der Waals surface area contributed by atoms with Gasteiger partial charge in [-0.15, -0.1) is 0 Å². The number of carboxylic acids is 1. The molecule has 0 radical (unpaired) electrons. The van der Waals surface area contributed by atoms with Crippen molar-refractivity contribution in [3.8, 4) is 57.1 Å². The second kappa shape index (κ2) is 33.3. The van der Waals surface area contributed by atoms with Crippen LogP contribution in [0.2, 0.25) is 5.02 Å². The molecule has 0 spiro atoms. The molecule has 7 aliphatic rings. The third kappa shape index (κ3) is 17.8. The summed E-state index contributed by atoms with van der Waals surface area (Å²) in [6, 6.07) is 2.23. The summed E-state index contributed by atoms with van der Waals surface area (Å²) in [6.07, 6.45) is -21.7. The largest absolute Gasteiger partial charge is 0.508 e. The summed E-state index contributed by atoms with van der Waals surface area (Å²) < 4.78 is 80.9. The van der Waals surface area contributed by atoms with Gasteiger partial charge in [0.25, 0.3) is 0 Å². The van der Waals surface area contributed by atoms with Gasteiger partial charge in [0, 0.05) is 40.3 Å². The molecule has 0 aliphatic carbocycles. The molecule has 7 amide bonds. The van der Waals surface area contributed by atoms with Crippen LogP contribution in [0.4, 0.5) is 13.2 Å². The van der Waals surface area contributed by atoms with E-state index in [2.05, 4.69) is 37.2 Å². The molecule has 6 aromatic rings. The Kier molecular flexibility index (Phi) is 24.4. The number of ether oxygens (including phenoxy) is 6. The van der Waals surface area contributed by atoms with Gasteiger partial charge in [-0.2, -0.15) is 13.2 Å². The molecule has 13 rings (SSSR count). The average molecular weight is 1580 g/mol. The molecule has 7 aliphatic heterocycles. The Bertz CT molecular complexity index is 4670. The number of likely N-dealkylation sites (N-methyl/N-ethyl adjacent to an activating group) is 1. The summed E-state index contributed by atoms with van der Waals surface area (Å²) in [5, 5.41) is 132. The first kappa shape index (κ1) is 82.2. The van der Waals surface area contributed by atoms with Crippen LogP contribution in [0, 0.1) is 5.92 Å². The third-order valence-electron chi connectivity index (χ3n) is 19.5. The number of aliphatic carboxylic acids is 1. The summed E-state index contributed by atoms with van der Waals surface area (Å²) in [7, 11) is 1.45. The molecule has 33 nitrogen and oxygen atoms in total. The number of halogens is 4. The molecule has 112 heavy (non-hydrogen) atoms. The number of hydrogen-bond donors (Lipinski definition) is 19. The maximum atomic E-state index is 16.3. The Morgan fingerprint density at radius 1 is 0.723 bits per heavy atom. The molecule has 6 aromatic carbocycles. The molecule has 598 valence electrons. The van der Waals surface area contributed by atoms with Crippen LogP contribution in [0.25, 0.3) is 23.3 Å². The number of alkyl halides is 3. The van der Waals surface area contributed by atoms with Crippen molar-refractivity contribution in [2.75, 3.05) is 13.7 Å². The minimum absolute atomic E-state index is 0.0792. The van der Waals surface area contributed by atoms with Crippen molar-refractivity contribution in [1.29, 1.82) is 0 Å². The van der Waals surface area contributed by atoms with Crippen LogP contribution in [0.5, 0.6) is 46.0 Å². The zero-order valence-corrected chi connectivity index (χ0v) is 60.8. The monoisotopic (exact) mass is 1580 g/mol. The van der Waals surface area contributed by atoms with Crippen molar-refractivity contribution < 1.29 is 131 Å². The predicted molar refractivity (Wildman–Crippen MR) is 385 cm³/mol. The highest BCUT2D eigenvalue weighted by atomic mass is 35.5. The number of aromatic hydroxyl groups is 3. The molecule has 7 heterocycles. The first-order valence-electron chi connectivity index (χ1n) is 35.0. The number of aliphatic hydroxyl groups excluding tert-OH is 6. The highest BCUT2D eigenvalue weighted by molar-refractivity contribution is 6.32. The number of benzene rings is 6. The van der Waals surface area contributed by atoms with E-state index in [1.807, 2.05) is 0 Å². The number of phenolic OH excluding ortho intramolecular Hbond substituents is 3. The lowest BCUT2D eigenvalue weighted by atomic mass is 9.86. The number of primary amides is 1. The number of fused-ring (bicyclic) bond motifs is 15. The Labute approximate surface area is 639 Å². The topological polar surface area (TPSA) is 530 Å². The number of hydrogen-bond acceptors (Lipinski definition) is 25. The van der Waals surface area contributed by atoms with Crippen LogP contribution < -0.4 is 62.9 Å². The van der Waals surface area contributed by atoms with Crippen LogP contribution in [0.1, 0.15) is 122 Å². The van der Waals surface area contributed by atoms with Crippen molar-refractivity contribution in [2.24, 2.45) is 17.4 Å². The molecule has 11 bridgehead atoms. The number of rotatable bonds is 15. The number of nitrogens with one attached hydrogen (secondary N) is 7. The van der Waals surface area contributed by atoms with E-state index < -0.39 is 260 Å². The molecule has 2 fully saturated rings. The fraction of sp³-hybridized carbons (Fsp3) is 0.387. The number of amides is 7. The molecule has 2 saturated heterocycles. The van der Waals surface area contributed by atoms with Crippen molar-refractivity contribution in [1.82, 2.24) is 37.2 Å². The molecule has 18 atom stereocenters. The Hall–Kier alpha value is -10.7. The van der Waals surface area contributed by atoms with Crippen LogP contribution in [0.3, 0.4) is 0 Å². The van der Waals surface area contributed by atoms with Gasteiger partial charge in [-0.1, -0.05) is 67.9 Å². The van der Waals surface area contributed by atoms with E-state index in [4.69, 9.17) is 51.5 Å². The molecule has 0 unspecified atom stereocenters.